The third-order valence-corrected chi connectivity index (χ3v) is 4.75. The molecule has 1 aliphatic carbocycles. The quantitative estimate of drug-likeness (QED) is 0.787. The number of amides is 4. The van der Waals surface area contributed by atoms with Crippen molar-refractivity contribution in [1.82, 2.24) is 16.0 Å². The SMILES string of the molecule is O=C1CC[C@@H](C(=O)NC2(c3ccc(Cl)cc3)CCC2)NC(=O)N1. The van der Waals surface area contributed by atoms with Crippen LogP contribution in [0.3, 0.4) is 0 Å². The normalized spacial score (nSPS) is 23.1. The number of rotatable bonds is 3. The van der Waals surface area contributed by atoms with Crippen LogP contribution in [-0.2, 0) is 15.1 Å². The predicted octanol–water partition coefficient (Wildman–Crippen LogP) is 1.82. The first-order chi connectivity index (χ1) is 11.0. The molecule has 1 heterocycles. The molecule has 7 heteroatoms. The van der Waals surface area contributed by atoms with Crippen molar-refractivity contribution in [2.75, 3.05) is 0 Å². The Hall–Kier alpha value is -2.08. The van der Waals surface area contributed by atoms with Crippen LogP contribution in [0.15, 0.2) is 24.3 Å². The summed E-state index contributed by atoms with van der Waals surface area (Å²) in [6, 6.07) is 6.11. The van der Waals surface area contributed by atoms with Crippen molar-refractivity contribution < 1.29 is 14.4 Å². The van der Waals surface area contributed by atoms with E-state index in [0.717, 1.165) is 24.8 Å². The lowest BCUT2D eigenvalue weighted by atomic mass is 9.71. The van der Waals surface area contributed by atoms with Crippen LogP contribution in [0.5, 0.6) is 0 Å². The van der Waals surface area contributed by atoms with Crippen LogP contribution in [-0.4, -0.2) is 23.9 Å². The molecular weight excluding hydrogens is 318 g/mol. The van der Waals surface area contributed by atoms with Gasteiger partial charge in [-0.1, -0.05) is 23.7 Å². The Labute approximate surface area is 139 Å². The van der Waals surface area contributed by atoms with E-state index in [1.807, 2.05) is 12.1 Å². The van der Waals surface area contributed by atoms with Crippen LogP contribution in [0.2, 0.25) is 5.02 Å². The molecule has 6 nitrogen and oxygen atoms in total. The number of urea groups is 1. The van der Waals surface area contributed by atoms with E-state index in [0.29, 0.717) is 11.4 Å². The Bertz CT molecular complexity index is 640. The van der Waals surface area contributed by atoms with Gasteiger partial charge in [0.05, 0.1) is 5.54 Å². The largest absolute Gasteiger partial charge is 0.345 e. The van der Waals surface area contributed by atoms with Crippen molar-refractivity contribution in [1.29, 1.82) is 0 Å². The van der Waals surface area contributed by atoms with E-state index < -0.39 is 17.6 Å². The van der Waals surface area contributed by atoms with Crippen molar-refractivity contribution in [2.45, 2.75) is 43.7 Å². The Morgan fingerprint density at radius 3 is 2.52 bits per heavy atom. The van der Waals surface area contributed by atoms with Crippen molar-refractivity contribution in [2.24, 2.45) is 0 Å². The molecule has 23 heavy (non-hydrogen) atoms. The second kappa shape index (κ2) is 6.20. The maximum Gasteiger partial charge on any atom is 0.322 e. The molecule has 0 aromatic heterocycles. The molecule has 0 radical (unpaired) electrons. The van der Waals surface area contributed by atoms with E-state index in [9.17, 15) is 14.4 Å². The van der Waals surface area contributed by atoms with Crippen LogP contribution >= 0.6 is 11.6 Å². The summed E-state index contributed by atoms with van der Waals surface area (Å²) in [4.78, 5) is 35.4. The lowest BCUT2D eigenvalue weighted by Crippen LogP contribution is -2.57. The Morgan fingerprint density at radius 1 is 1.22 bits per heavy atom. The number of imide groups is 1. The summed E-state index contributed by atoms with van der Waals surface area (Å²) in [5, 5.41) is 8.42. The molecule has 1 aromatic carbocycles. The molecule has 3 N–H and O–H groups in total. The second-order valence-corrected chi connectivity index (χ2v) is 6.48. The number of carbonyl (C=O) groups excluding carboxylic acids is 3. The lowest BCUT2D eigenvalue weighted by molar-refractivity contribution is -0.126. The van der Waals surface area contributed by atoms with Gasteiger partial charge >= 0.3 is 6.03 Å². The number of nitrogens with one attached hydrogen (secondary N) is 3. The fraction of sp³-hybridized carbons (Fsp3) is 0.438. The molecule has 3 rings (SSSR count). The fourth-order valence-electron chi connectivity index (χ4n) is 3.04. The van der Waals surface area contributed by atoms with Gasteiger partial charge in [-0.2, -0.15) is 0 Å². The van der Waals surface area contributed by atoms with Crippen molar-refractivity contribution >= 4 is 29.4 Å². The van der Waals surface area contributed by atoms with E-state index in [4.69, 9.17) is 11.6 Å². The van der Waals surface area contributed by atoms with E-state index in [2.05, 4.69) is 16.0 Å². The zero-order chi connectivity index (χ0) is 16.4. The molecule has 1 aliphatic heterocycles. The summed E-state index contributed by atoms with van der Waals surface area (Å²) in [7, 11) is 0. The van der Waals surface area contributed by atoms with Gasteiger partial charge in [0.2, 0.25) is 11.8 Å². The number of benzene rings is 1. The molecule has 4 amide bonds. The molecule has 1 atom stereocenters. The predicted molar refractivity (Wildman–Crippen MR) is 84.8 cm³/mol. The van der Waals surface area contributed by atoms with E-state index in [1.165, 1.54) is 0 Å². The molecule has 2 fully saturated rings. The van der Waals surface area contributed by atoms with Gasteiger partial charge in [-0.25, -0.2) is 4.79 Å². The molecular formula is C16H18ClN3O3. The maximum atomic E-state index is 12.6. The summed E-state index contributed by atoms with van der Waals surface area (Å²) >= 11 is 5.92. The number of carbonyl (C=O) groups is 3. The molecule has 1 saturated carbocycles. The van der Waals surface area contributed by atoms with Gasteiger partial charge in [-0.3, -0.25) is 14.9 Å². The zero-order valence-corrected chi connectivity index (χ0v) is 13.3. The van der Waals surface area contributed by atoms with Gasteiger partial charge in [0.15, 0.2) is 0 Å². The minimum absolute atomic E-state index is 0.144. The zero-order valence-electron chi connectivity index (χ0n) is 12.5. The standard InChI is InChI=1S/C16H18ClN3O3/c17-11-4-2-10(3-5-11)16(8-1-9-16)20-14(22)12-6-7-13(21)19-15(23)18-12/h2-5,12H,1,6-9H2,(H,20,22)(H2,18,19,21,23)/t12-/m0/s1. The summed E-state index contributed by atoms with van der Waals surface area (Å²) in [6.45, 7) is 0. The average Bonchev–Trinajstić information content (AvgIpc) is 2.64. The fourth-order valence-corrected chi connectivity index (χ4v) is 3.16. The Kier molecular flexibility index (Phi) is 4.26. The highest BCUT2D eigenvalue weighted by atomic mass is 35.5. The first kappa shape index (κ1) is 15.8. The molecule has 0 spiro atoms. The smallest absolute Gasteiger partial charge is 0.322 e. The molecule has 1 aromatic rings. The van der Waals surface area contributed by atoms with Gasteiger partial charge in [-0.15, -0.1) is 0 Å². The third-order valence-electron chi connectivity index (χ3n) is 4.50. The maximum absolute atomic E-state index is 12.6. The van der Waals surface area contributed by atoms with Gasteiger partial charge in [0.25, 0.3) is 0 Å². The van der Waals surface area contributed by atoms with E-state index in [-0.39, 0.29) is 18.2 Å². The number of hydrogen-bond acceptors (Lipinski definition) is 3. The molecule has 2 aliphatic rings. The second-order valence-electron chi connectivity index (χ2n) is 6.04. The monoisotopic (exact) mass is 335 g/mol. The topological polar surface area (TPSA) is 87.3 Å². The molecule has 0 bridgehead atoms. The summed E-state index contributed by atoms with van der Waals surface area (Å²) in [5.74, 6) is -0.627. The average molecular weight is 336 g/mol. The highest BCUT2D eigenvalue weighted by Crippen LogP contribution is 2.41. The minimum Gasteiger partial charge on any atom is -0.345 e. The molecule has 0 unspecified atom stereocenters. The van der Waals surface area contributed by atoms with Gasteiger partial charge in [-0.05, 0) is 43.4 Å². The van der Waals surface area contributed by atoms with Gasteiger partial charge in [0.1, 0.15) is 6.04 Å². The van der Waals surface area contributed by atoms with Gasteiger partial charge in [0, 0.05) is 11.4 Å². The summed E-state index contributed by atoms with van der Waals surface area (Å²) in [5.41, 5.74) is 0.603. The van der Waals surface area contributed by atoms with Crippen LogP contribution < -0.4 is 16.0 Å². The lowest BCUT2D eigenvalue weighted by Gasteiger charge is -2.43. The van der Waals surface area contributed by atoms with Crippen LogP contribution in [0.4, 0.5) is 4.79 Å². The van der Waals surface area contributed by atoms with Crippen LogP contribution in [0, 0.1) is 0 Å². The number of halogens is 1. The minimum atomic E-state index is -0.703. The summed E-state index contributed by atoms with van der Waals surface area (Å²) in [6.07, 6.45) is 3.15. The van der Waals surface area contributed by atoms with Crippen LogP contribution in [0.1, 0.15) is 37.7 Å². The van der Waals surface area contributed by atoms with E-state index >= 15 is 0 Å². The first-order valence-corrected chi connectivity index (χ1v) is 8.05. The summed E-state index contributed by atoms with van der Waals surface area (Å²) < 4.78 is 0. The van der Waals surface area contributed by atoms with Gasteiger partial charge < -0.3 is 10.6 Å². The highest BCUT2D eigenvalue weighted by molar-refractivity contribution is 6.30. The Balaban J connectivity index is 1.73. The van der Waals surface area contributed by atoms with Crippen molar-refractivity contribution in [3.8, 4) is 0 Å². The van der Waals surface area contributed by atoms with Crippen LogP contribution in [0.25, 0.3) is 0 Å². The molecule has 1 saturated heterocycles. The van der Waals surface area contributed by atoms with Crippen molar-refractivity contribution in [3.05, 3.63) is 34.9 Å². The highest BCUT2D eigenvalue weighted by Gasteiger charge is 2.41. The van der Waals surface area contributed by atoms with E-state index in [1.54, 1.807) is 12.1 Å². The van der Waals surface area contributed by atoms with Crippen molar-refractivity contribution in [3.63, 3.8) is 0 Å². The number of hydrogen-bond donors (Lipinski definition) is 3. The first-order valence-electron chi connectivity index (χ1n) is 7.67. The Morgan fingerprint density at radius 2 is 1.91 bits per heavy atom. The molecule has 122 valence electrons. The third kappa shape index (κ3) is 3.32.